The molecule has 0 spiro atoms. The molecule has 3 heterocycles. The van der Waals surface area contributed by atoms with Crippen molar-refractivity contribution >= 4 is 46.9 Å². The quantitative estimate of drug-likeness (QED) is 0.195. The number of β-lactam (4-membered cyclic amide) rings is 1. The van der Waals surface area contributed by atoms with Gasteiger partial charge < -0.3 is 24.7 Å². The van der Waals surface area contributed by atoms with Gasteiger partial charge in [0.1, 0.15) is 12.0 Å². The third kappa shape index (κ3) is 4.54. The van der Waals surface area contributed by atoms with Gasteiger partial charge >= 0.3 is 35.5 Å². The maximum Gasteiger partial charge on any atom is 1.00 e. The molecular formula is C17H17N2NaO7S2. The molecule has 2 aliphatic heterocycles. The first-order valence-electron chi connectivity index (χ1n) is 8.20. The zero-order valence-electron chi connectivity index (χ0n) is 16.1. The molecule has 29 heavy (non-hydrogen) atoms. The molecule has 1 unspecified atom stereocenters. The van der Waals surface area contributed by atoms with Crippen molar-refractivity contribution in [3.63, 3.8) is 0 Å². The first-order chi connectivity index (χ1) is 13.3. The number of aliphatic carboxylic acids is 1. The number of nitrogens with one attached hydrogen (secondary N) is 1. The van der Waals surface area contributed by atoms with E-state index in [1.165, 1.54) is 37.1 Å². The maximum atomic E-state index is 12.8. The molecule has 0 radical (unpaired) electrons. The first kappa shape index (κ1) is 23.9. The fourth-order valence-electron chi connectivity index (χ4n) is 3.05. The molecule has 0 bridgehead atoms. The van der Waals surface area contributed by atoms with Crippen LogP contribution in [-0.2, 0) is 35.1 Å². The van der Waals surface area contributed by atoms with Crippen molar-refractivity contribution in [1.82, 2.24) is 10.2 Å². The van der Waals surface area contributed by atoms with E-state index < -0.39 is 34.9 Å². The summed E-state index contributed by atoms with van der Waals surface area (Å²) in [6.07, 6.45) is 0.0777. The van der Waals surface area contributed by atoms with E-state index in [1.807, 2.05) is 11.4 Å². The van der Waals surface area contributed by atoms with Crippen LogP contribution in [0.2, 0.25) is 0 Å². The fraction of sp³-hybridized carbons (Fsp3) is 0.412. The minimum absolute atomic E-state index is 0. The molecule has 3 rings (SSSR count). The number of amides is 2. The smallest absolute Gasteiger partial charge is 0.543 e. The molecule has 2 amide bonds. The third-order valence-corrected chi connectivity index (χ3v) is 6.57. The normalized spacial score (nSPS) is 22.9. The molecule has 12 heteroatoms. The van der Waals surface area contributed by atoms with Gasteiger partial charge in [-0.15, -0.1) is 23.1 Å². The van der Waals surface area contributed by atoms with Crippen LogP contribution in [0.5, 0.6) is 0 Å². The molecule has 1 aromatic rings. The molecule has 2 atom stereocenters. The third-order valence-electron chi connectivity index (χ3n) is 4.32. The monoisotopic (exact) mass is 448 g/mol. The van der Waals surface area contributed by atoms with Crippen LogP contribution in [0, 0.1) is 0 Å². The van der Waals surface area contributed by atoms with Crippen molar-refractivity contribution in [2.45, 2.75) is 24.4 Å². The number of methoxy groups -OCH3 is 1. The van der Waals surface area contributed by atoms with E-state index in [0.29, 0.717) is 0 Å². The second-order valence-corrected chi connectivity index (χ2v) is 8.20. The number of ether oxygens (including phenoxy) is 2. The fourth-order valence-corrected chi connectivity index (χ4v) is 5.18. The van der Waals surface area contributed by atoms with Crippen molar-refractivity contribution in [2.75, 3.05) is 19.5 Å². The van der Waals surface area contributed by atoms with Crippen LogP contribution in [-0.4, -0.2) is 59.2 Å². The number of fused-ring (bicyclic) bond motifs is 1. The second kappa shape index (κ2) is 9.63. The number of esters is 1. The Labute approximate surface area is 197 Å². The number of carbonyl (C=O) groups is 4. The van der Waals surface area contributed by atoms with E-state index in [4.69, 9.17) is 9.47 Å². The molecular weight excluding hydrogens is 431 g/mol. The van der Waals surface area contributed by atoms with Crippen molar-refractivity contribution < 1.29 is 63.3 Å². The Morgan fingerprint density at radius 3 is 2.69 bits per heavy atom. The van der Waals surface area contributed by atoms with E-state index >= 15 is 0 Å². The maximum absolute atomic E-state index is 12.8. The van der Waals surface area contributed by atoms with Gasteiger partial charge in [-0.25, -0.2) is 0 Å². The predicted molar refractivity (Wildman–Crippen MR) is 97.7 cm³/mol. The Morgan fingerprint density at radius 2 is 2.14 bits per heavy atom. The van der Waals surface area contributed by atoms with Gasteiger partial charge in [0.25, 0.3) is 11.6 Å². The molecule has 1 N–H and O–H groups in total. The number of nitrogens with zero attached hydrogens (tertiary/aromatic N) is 1. The van der Waals surface area contributed by atoms with Crippen molar-refractivity contribution in [3.05, 3.63) is 33.7 Å². The summed E-state index contributed by atoms with van der Waals surface area (Å²) in [5, 5.41) is 15.3. The number of thiophene rings is 1. The van der Waals surface area contributed by atoms with Gasteiger partial charge in [0, 0.05) is 30.2 Å². The summed E-state index contributed by atoms with van der Waals surface area (Å²) >= 11 is 2.62. The number of thioether (sulfide) groups is 1. The van der Waals surface area contributed by atoms with E-state index in [2.05, 4.69) is 5.32 Å². The Morgan fingerprint density at radius 1 is 1.41 bits per heavy atom. The van der Waals surface area contributed by atoms with Crippen LogP contribution in [0.1, 0.15) is 11.8 Å². The number of rotatable bonds is 7. The summed E-state index contributed by atoms with van der Waals surface area (Å²) in [7, 11) is 1.28. The molecule has 1 aromatic heterocycles. The van der Waals surface area contributed by atoms with Crippen LogP contribution < -0.4 is 40.0 Å². The summed E-state index contributed by atoms with van der Waals surface area (Å²) < 4.78 is 10.2. The molecule has 0 saturated carbocycles. The molecule has 0 aromatic carbocycles. The molecule has 1 saturated heterocycles. The Bertz CT molecular complexity index is 858. The van der Waals surface area contributed by atoms with E-state index in [0.717, 1.165) is 9.78 Å². The second-order valence-electron chi connectivity index (χ2n) is 6.10. The first-order valence-corrected chi connectivity index (χ1v) is 10.1. The summed E-state index contributed by atoms with van der Waals surface area (Å²) in [5.41, 5.74) is -1.76. The number of carboxylic acids is 1. The summed E-state index contributed by atoms with van der Waals surface area (Å²) in [6, 6.07) is 3.61. The van der Waals surface area contributed by atoms with Crippen LogP contribution in [0.15, 0.2) is 28.8 Å². The van der Waals surface area contributed by atoms with Crippen molar-refractivity contribution in [1.29, 1.82) is 0 Å². The van der Waals surface area contributed by atoms with Crippen LogP contribution in [0.25, 0.3) is 0 Å². The number of hydrogen-bond acceptors (Lipinski definition) is 9. The van der Waals surface area contributed by atoms with Gasteiger partial charge in [-0.1, -0.05) is 6.07 Å². The average Bonchev–Trinajstić information content (AvgIpc) is 3.15. The largest absolute Gasteiger partial charge is 1.00 e. The molecule has 150 valence electrons. The van der Waals surface area contributed by atoms with Gasteiger partial charge in [0.2, 0.25) is 5.91 Å². The van der Waals surface area contributed by atoms with Crippen molar-refractivity contribution in [2.24, 2.45) is 0 Å². The molecule has 1 fully saturated rings. The minimum Gasteiger partial charge on any atom is -0.543 e. The van der Waals surface area contributed by atoms with E-state index in [9.17, 15) is 24.3 Å². The Balaban J connectivity index is 0.00000300. The van der Waals surface area contributed by atoms with Gasteiger partial charge in [-0.3, -0.25) is 19.3 Å². The summed E-state index contributed by atoms with van der Waals surface area (Å²) in [4.78, 5) is 49.7. The number of carbonyl (C=O) groups excluding carboxylic acids is 4. The molecule has 0 aliphatic carbocycles. The van der Waals surface area contributed by atoms with E-state index in [-0.39, 0.29) is 59.6 Å². The van der Waals surface area contributed by atoms with Crippen molar-refractivity contribution in [3.8, 4) is 0 Å². The number of hydrogen-bond donors (Lipinski definition) is 1. The minimum atomic E-state index is -1.66. The van der Waals surface area contributed by atoms with Gasteiger partial charge in [-0.05, 0) is 11.4 Å². The standard InChI is InChI=1S/C17H18N2O7S2.Na/c1-9(20)26-7-10-8-28-16-17(25-2,15(24)19(16)13(10)14(22)23)18-12(21)6-11-4-3-5-27-11;/h3-5,16H,6-8H2,1-2H3,(H,18,21)(H,22,23);/q;+1/p-1/t16-,17?;/m0./s1. The zero-order chi connectivity index (χ0) is 20.5. The van der Waals surface area contributed by atoms with Crippen LogP contribution in [0.4, 0.5) is 0 Å². The van der Waals surface area contributed by atoms with Gasteiger partial charge in [0.15, 0.2) is 0 Å². The topological polar surface area (TPSA) is 125 Å². The van der Waals surface area contributed by atoms with Gasteiger partial charge in [0.05, 0.1) is 18.1 Å². The predicted octanol–water partition coefficient (Wildman–Crippen LogP) is -3.76. The Hall–Kier alpha value is -1.37. The number of carboxylic acid groups (broad SMARTS) is 1. The SMILES string of the molecule is COC1(NC(=O)Cc2cccs2)C(=O)N2C(C(=O)[O-])=C(COC(C)=O)CS[C@H]21.[Na+]. The molecule has 2 aliphatic rings. The Kier molecular flexibility index (Phi) is 7.93. The molecule has 9 nitrogen and oxygen atoms in total. The van der Waals surface area contributed by atoms with Crippen LogP contribution >= 0.6 is 23.1 Å². The van der Waals surface area contributed by atoms with Crippen LogP contribution in [0.3, 0.4) is 0 Å². The average molecular weight is 448 g/mol. The van der Waals surface area contributed by atoms with Gasteiger partial charge in [-0.2, -0.15) is 0 Å². The van der Waals surface area contributed by atoms with E-state index in [1.54, 1.807) is 6.07 Å². The summed E-state index contributed by atoms with van der Waals surface area (Å²) in [6.45, 7) is 0.943. The summed E-state index contributed by atoms with van der Waals surface area (Å²) in [5.74, 6) is -3.08. The zero-order valence-corrected chi connectivity index (χ0v) is 19.7.